The van der Waals surface area contributed by atoms with Gasteiger partial charge in [-0.3, -0.25) is 24.7 Å². The number of likely N-dealkylation sites (N-methyl/N-ethyl adjacent to an activating group) is 1. The third-order valence-corrected chi connectivity index (χ3v) is 7.77. The Morgan fingerprint density at radius 2 is 1.52 bits per heavy atom. The van der Waals surface area contributed by atoms with Crippen molar-refractivity contribution >= 4 is 46.4 Å². The lowest BCUT2D eigenvalue weighted by Gasteiger charge is -2.28. The molecule has 0 saturated heterocycles. The van der Waals surface area contributed by atoms with Crippen molar-refractivity contribution in [2.24, 2.45) is 7.05 Å². The molecule has 15 heteroatoms. The van der Waals surface area contributed by atoms with Gasteiger partial charge in [-0.15, -0.1) is 0 Å². The minimum atomic E-state index is -0.971. The lowest BCUT2D eigenvalue weighted by molar-refractivity contribution is -0.120. The Balaban J connectivity index is 1.83. The lowest BCUT2D eigenvalue weighted by atomic mass is 10.0. The number of aryl methyl sites for hydroxylation is 2. The molecule has 284 valence electrons. The molecule has 54 heavy (non-hydrogen) atoms. The number of hydrazine groups is 1. The Morgan fingerprint density at radius 1 is 0.870 bits per heavy atom. The summed E-state index contributed by atoms with van der Waals surface area (Å²) in [6.45, 7) is 14.9. The molecular formula is C39H46N8O7. The zero-order valence-electron chi connectivity index (χ0n) is 32.7. The van der Waals surface area contributed by atoms with Gasteiger partial charge in [-0.2, -0.15) is 0 Å². The van der Waals surface area contributed by atoms with E-state index in [0.717, 1.165) is 15.9 Å². The number of anilines is 2. The average molecular weight is 739 g/mol. The third kappa shape index (κ3) is 10.2. The normalized spacial score (nSPS) is 11.9. The number of hydrogen-bond acceptors (Lipinski definition) is 11. The Hall–Kier alpha value is -6.30. The number of hydrogen-bond donors (Lipinski definition) is 2. The molecule has 1 unspecified atom stereocenters. The molecule has 0 fully saturated rings. The van der Waals surface area contributed by atoms with Gasteiger partial charge < -0.3 is 19.4 Å². The number of amides is 3. The van der Waals surface area contributed by atoms with Crippen LogP contribution in [0.2, 0.25) is 0 Å². The highest BCUT2D eigenvalue weighted by Crippen LogP contribution is 2.30. The van der Waals surface area contributed by atoms with Crippen LogP contribution in [0.3, 0.4) is 0 Å². The number of ether oxygens (including phenoxy) is 2. The lowest BCUT2D eigenvalue weighted by Crippen LogP contribution is -2.45. The number of carbonyl (C=O) groups excluding carboxylic acids is 4. The van der Waals surface area contributed by atoms with Gasteiger partial charge in [-0.05, 0) is 110 Å². The van der Waals surface area contributed by atoms with Crippen LogP contribution in [0.1, 0.15) is 82.8 Å². The predicted octanol–water partition coefficient (Wildman–Crippen LogP) is 5.69. The minimum absolute atomic E-state index is 0.0477. The number of rotatable bonds is 7. The number of nitrogens with zero attached hydrogens (tertiary/aromatic N) is 6. The summed E-state index contributed by atoms with van der Waals surface area (Å²) in [7, 11) is 4.57. The molecule has 1 atom stereocenters. The smallest absolute Gasteiger partial charge is 0.428 e. The van der Waals surface area contributed by atoms with Crippen molar-refractivity contribution in [3.63, 3.8) is 0 Å². The second kappa shape index (κ2) is 15.7. The highest BCUT2D eigenvalue weighted by atomic mass is 16.6. The maximum Gasteiger partial charge on any atom is 0.428 e. The molecule has 3 aromatic heterocycles. The van der Waals surface area contributed by atoms with Gasteiger partial charge in [0.1, 0.15) is 34.6 Å². The molecule has 1 aromatic carbocycles. The van der Waals surface area contributed by atoms with Gasteiger partial charge in [-0.25, -0.2) is 29.5 Å². The third-order valence-electron chi connectivity index (χ3n) is 7.77. The maximum absolute atomic E-state index is 13.5. The highest BCUT2D eigenvalue weighted by molar-refractivity contribution is 6.05. The van der Waals surface area contributed by atoms with Crippen molar-refractivity contribution in [1.82, 2.24) is 29.4 Å². The van der Waals surface area contributed by atoms with E-state index in [2.05, 4.69) is 37.5 Å². The van der Waals surface area contributed by atoms with Crippen molar-refractivity contribution < 1.29 is 28.7 Å². The molecule has 0 aliphatic heterocycles. The Kier molecular flexibility index (Phi) is 11.8. The number of benzene rings is 1. The SMILES string of the molecule is CC(=O)c1c(NN(C)C(=O)OC(C)(C)C)nc(C)nc1-c1cc(C#Cc2ccc3c(ccc(=O)n3C)c2)nc(NC(=O)C(C)N(C)C(=O)OC(C)(C)C)c1. The van der Waals surface area contributed by atoms with Crippen molar-refractivity contribution in [3.8, 4) is 23.1 Å². The quantitative estimate of drug-likeness (QED) is 0.135. The first-order chi connectivity index (χ1) is 25.0. The molecular weight excluding hydrogens is 692 g/mol. The van der Waals surface area contributed by atoms with E-state index in [0.29, 0.717) is 11.1 Å². The van der Waals surface area contributed by atoms with Gasteiger partial charge in [0.05, 0.1) is 16.8 Å². The number of nitrogens with one attached hydrogen (secondary N) is 2. The number of pyridine rings is 2. The van der Waals surface area contributed by atoms with Crippen molar-refractivity contribution in [1.29, 1.82) is 0 Å². The van der Waals surface area contributed by atoms with Crippen molar-refractivity contribution in [2.45, 2.75) is 79.6 Å². The summed E-state index contributed by atoms with van der Waals surface area (Å²) in [5.74, 6) is 5.52. The fraction of sp³-hybridized carbons (Fsp3) is 0.385. The molecule has 15 nitrogen and oxygen atoms in total. The van der Waals surface area contributed by atoms with Crippen LogP contribution in [0.5, 0.6) is 0 Å². The van der Waals surface area contributed by atoms with Crippen LogP contribution in [-0.2, 0) is 21.3 Å². The number of aromatic nitrogens is 4. The highest BCUT2D eigenvalue weighted by Gasteiger charge is 2.28. The monoisotopic (exact) mass is 738 g/mol. The molecule has 3 heterocycles. The maximum atomic E-state index is 13.5. The van der Waals surface area contributed by atoms with E-state index in [4.69, 9.17) is 9.47 Å². The summed E-state index contributed by atoms with van der Waals surface area (Å²) in [5, 5.41) is 4.64. The minimum Gasteiger partial charge on any atom is -0.444 e. The molecule has 4 rings (SSSR count). The fourth-order valence-corrected chi connectivity index (χ4v) is 5.02. The molecule has 0 radical (unpaired) electrons. The van der Waals surface area contributed by atoms with Crippen molar-refractivity contribution in [2.75, 3.05) is 24.8 Å². The Labute approximate surface area is 314 Å². The second-order valence-corrected chi connectivity index (χ2v) is 14.7. The molecule has 0 aliphatic carbocycles. The van der Waals surface area contributed by atoms with Gasteiger partial charge in [0.15, 0.2) is 11.6 Å². The fourth-order valence-electron chi connectivity index (χ4n) is 5.02. The molecule has 0 aliphatic rings. The van der Waals surface area contributed by atoms with E-state index >= 15 is 0 Å². The average Bonchev–Trinajstić information content (AvgIpc) is 3.06. The largest absolute Gasteiger partial charge is 0.444 e. The zero-order chi connectivity index (χ0) is 40.3. The van der Waals surface area contributed by atoms with Crippen LogP contribution in [0.15, 0.2) is 47.3 Å². The topological polar surface area (TPSA) is 178 Å². The van der Waals surface area contributed by atoms with E-state index in [1.165, 1.54) is 38.1 Å². The van der Waals surface area contributed by atoms with Crippen LogP contribution in [0.4, 0.5) is 21.2 Å². The summed E-state index contributed by atoms with van der Waals surface area (Å²) in [6, 6.07) is 10.8. The van der Waals surface area contributed by atoms with Gasteiger partial charge in [0, 0.05) is 38.3 Å². The Bertz CT molecular complexity index is 2260. The molecule has 0 saturated carbocycles. The number of Topliss-reactive ketones (excluding diaryl/α,β-unsaturated/α-hetero) is 1. The Morgan fingerprint density at radius 3 is 2.15 bits per heavy atom. The van der Waals surface area contributed by atoms with E-state index in [9.17, 15) is 24.0 Å². The number of fused-ring (bicyclic) bond motifs is 1. The summed E-state index contributed by atoms with van der Waals surface area (Å²) in [5.41, 5.74) is 3.33. The molecule has 0 bridgehead atoms. The second-order valence-electron chi connectivity index (χ2n) is 14.7. The van der Waals surface area contributed by atoms with Gasteiger partial charge >= 0.3 is 12.2 Å². The van der Waals surface area contributed by atoms with E-state index in [1.54, 1.807) is 91.3 Å². The van der Waals surface area contributed by atoms with E-state index in [-0.39, 0.29) is 40.0 Å². The van der Waals surface area contributed by atoms with Crippen LogP contribution >= 0.6 is 0 Å². The van der Waals surface area contributed by atoms with Gasteiger partial charge in [0.2, 0.25) is 5.91 Å². The van der Waals surface area contributed by atoms with E-state index in [1.807, 2.05) is 6.07 Å². The first kappa shape index (κ1) is 40.5. The number of ketones is 1. The van der Waals surface area contributed by atoms with Crippen LogP contribution in [0, 0.1) is 18.8 Å². The summed E-state index contributed by atoms with van der Waals surface area (Å²) >= 11 is 0. The van der Waals surface area contributed by atoms with Crippen LogP contribution in [0.25, 0.3) is 22.2 Å². The zero-order valence-corrected chi connectivity index (χ0v) is 32.7. The number of carbonyl (C=O) groups is 4. The van der Waals surface area contributed by atoms with Crippen LogP contribution in [-0.4, -0.2) is 84.6 Å². The van der Waals surface area contributed by atoms with E-state index < -0.39 is 41.1 Å². The summed E-state index contributed by atoms with van der Waals surface area (Å²) in [6.07, 6.45) is -1.39. The summed E-state index contributed by atoms with van der Waals surface area (Å²) in [4.78, 5) is 79.1. The predicted molar refractivity (Wildman–Crippen MR) is 205 cm³/mol. The molecule has 4 aromatic rings. The summed E-state index contributed by atoms with van der Waals surface area (Å²) < 4.78 is 12.4. The first-order valence-corrected chi connectivity index (χ1v) is 17.1. The van der Waals surface area contributed by atoms with Gasteiger partial charge in [0.25, 0.3) is 5.56 Å². The molecule has 3 amide bonds. The van der Waals surface area contributed by atoms with Crippen molar-refractivity contribution in [3.05, 3.63) is 75.5 Å². The molecule has 2 N–H and O–H groups in total. The van der Waals surface area contributed by atoms with Gasteiger partial charge in [-0.1, -0.05) is 5.92 Å². The van der Waals surface area contributed by atoms with Crippen LogP contribution < -0.4 is 16.3 Å². The molecule has 0 spiro atoms. The standard InChI is InChI=1S/C39H46N8O7/c1-22(45(10)36(51)53-38(4,5)6)35(50)43-30-21-27(20-28(42-30)16-13-25-14-17-29-26(19-25)15-18-31(49)46(29)11)33-32(23(2)48)34(41-24(3)40-33)44-47(12)37(52)54-39(7,8)9/h14-15,17-22H,1-12H3,(H,40,41,44)(H,42,43,50). The first-order valence-electron chi connectivity index (χ1n) is 17.1.